The lowest BCUT2D eigenvalue weighted by molar-refractivity contribution is 0.0956. The zero-order valence-corrected chi connectivity index (χ0v) is 13.2. The summed E-state index contributed by atoms with van der Waals surface area (Å²) in [5.74, 6) is -0.179. The summed E-state index contributed by atoms with van der Waals surface area (Å²) >= 11 is 1.28. The van der Waals surface area contributed by atoms with Crippen LogP contribution in [-0.4, -0.2) is 16.1 Å². The maximum absolute atomic E-state index is 12.4. The van der Waals surface area contributed by atoms with E-state index in [0.29, 0.717) is 21.9 Å². The second-order valence-corrected chi connectivity index (χ2v) is 6.10. The first-order valence-corrected chi connectivity index (χ1v) is 7.73. The van der Waals surface area contributed by atoms with Gasteiger partial charge in [0.2, 0.25) is 0 Å². The summed E-state index contributed by atoms with van der Waals surface area (Å²) in [4.78, 5) is 13.6. The first kappa shape index (κ1) is 14.5. The van der Waals surface area contributed by atoms with Crippen LogP contribution in [0.4, 0.5) is 5.69 Å². The molecule has 0 aliphatic rings. The van der Waals surface area contributed by atoms with Crippen molar-refractivity contribution in [1.29, 1.82) is 0 Å². The van der Waals surface area contributed by atoms with E-state index in [4.69, 9.17) is 5.73 Å². The number of aryl methyl sites for hydroxylation is 2. The van der Waals surface area contributed by atoms with Crippen LogP contribution in [0.1, 0.15) is 26.5 Å². The molecule has 3 N–H and O–H groups in total. The van der Waals surface area contributed by atoms with Crippen LogP contribution in [0.25, 0.3) is 10.2 Å². The highest BCUT2D eigenvalue weighted by Crippen LogP contribution is 2.34. The van der Waals surface area contributed by atoms with Crippen LogP contribution in [0.3, 0.4) is 0 Å². The number of nitrogen functional groups attached to an aromatic ring is 1. The summed E-state index contributed by atoms with van der Waals surface area (Å²) in [6.45, 7) is 4.30. The summed E-state index contributed by atoms with van der Waals surface area (Å²) < 4.78 is 0. The van der Waals surface area contributed by atoms with Crippen LogP contribution in [0, 0.1) is 13.8 Å². The molecular formula is C16H16N4OS. The normalized spacial score (nSPS) is 10.8. The Kier molecular flexibility index (Phi) is 3.77. The number of nitrogens with two attached hydrogens (primary N) is 1. The van der Waals surface area contributed by atoms with Crippen LogP contribution in [0.2, 0.25) is 0 Å². The third-order valence-electron chi connectivity index (χ3n) is 3.64. The molecule has 3 aromatic rings. The zero-order valence-electron chi connectivity index (χ0n) is 12.4. The molecule has 3 rings (SSSR count). The predicted molar refractivity (Wildman–Crippen MR) is 88.9 cm³/mol. The topological polar surface area (TPSA) is 80.9 Å². The third kappa shape index (κ3) is 2.53. The lowest BCUT2D eigenvalue weighted by Crippen LogP contribution is -2.22. The third-order valence-corrected chi connectivity index (χ3v) is 4.73. The van der Waals surface area contributed by atoms with E-state index in [2.05, 4.69) is 15.5 Å². The molecule has 0 aliphatic heterocycles. The number of hydrogen-bond acceptors (Lipinski definition) is 5. The summed E-state index contributed by atoms with van der Waals surface area (Å²) in [6, 6.07) is 9.76. The molecule has 22 heavy (non-hydrogen) atoms. The average molecular weight is 312 g/mol. The summed E-state index contributed by atoms with van der Waals surface area (Å²) in [5, 5.41) is 11.9. The Labute approximate surface area is 132 Å². The number of amides is 1. The smallest absolute Gasteiger partial charge is 0.263 e. The van der Waals surface area contributed by atoms with E-state index in [9.17, 15) is 4.79 Å². The van der Waals surface area contributed by atoms with Crippen molar-refractivity contribution in [2.24, 2.45) is 0 Å². The van der Waals surface area contributed by atoms with E-state index in [-0.39, 0.29) is 5.91 Å². The van der Waals surface area contributed by atoms with Gasteiger partial charge < -0.3 is 11.1 Å². The van der Waals surface area contributed by atoms with Crippen LogP contribution in [-0.2, 0) is 6.54 Å². The van der Waals surface area contributed by atoms with Gasteiger partial charge in [-0.2, -0.15) is 5.10 Å². The van der Waals surface area contributed by atoms with Gasteiger partial charge in [-0.15, -0.1) is 16.4 Å². The minimum atomic E-state index is -0.179. The summed E-state index contributed by atoms with van der Waals surface area (Å²) in [7, 11) is 0. The summed E-state index contributed by atoms with van der Waals surface area (Å²) in [6.07, 6.45) is 0. The van der Waals surface area contributed by atoms with E-state index < -0.39 is 0 Å². The van der Waals surface area contributed by atoms with E-state index in [0.717, 1.165) is 22.2 Å². The first-order chi connectivity index (χ1) is 10.6. The van der Waals surface area contributed by atoms with Gasteiger partial charge in [0.25, 0.3) is 5.91 Å². The monoisotopic (exact) mass is 312 g/mol. The zero-order chi connectivity index (χ0) is 15.7. The Morgan fingerprint density at radius 3 is 2.68 bits per heavy atom. The Morgan fingerprint density at radius 1 is 1.23 bits per heavy atom. The molecular weight excluding hydrogens is 296 g/mol. The Bertz CT molecular complexity index is 842. The molecule has 0 spiro atoms. The highest BCUT2D eigenvalue weighted by molar-refractivity contribution is 7.21. The van der Waals surface area contributed by atoms with Gasteiger partial charge in [-0.05, 0) is 25.0 Å². The first-order valence-electron chi connectivity index (χ1n) is 6.92. The molecule has 0 atom stereocenters. The van der Waals surface area contributed by atoms with Crippen molar-refractivity contribution < 1.29 is 4.79 Å². The van der Waals surface area contributed by atoms with Gasteiger partial charge in [-0.1, -0.05) is 30.3 Å². The number of thiophene rings is 1. The standard InChI is InChI=1S/C16H16N4OS/c1-9-10(2)19-20-16-12(9)13(17)14(22-16)15(21)18-8-11-6-4-3-5-7-11/h3-7H,8,17H2,1-2H3,(H,18,21). The lowest BCUT2D eigenvalue weighted by atomic mass is 10.1. The fraction of sp³-hybridized carbons (Fsp3) is 0.188. The summed E-state index contributed by atoms with van der Waals surface area (Å²) in [5.41, 5.74) is 9.49. The van der Waals surface area contributed by atoms with Crippen molar-refractivity contribution in [2.45, 2.75) is 20.4 Å². The van der Waals surface area contributed by atoms with Crippen molar-refractivity contribution in [2.75, 3.05) is 5.73 Å². The largest absolute Gasteiger partial charge is 0.397 e. The molecule has 0 bridgehead atoms. The molecule has 2 heterocycles. The molecule has 112 valence electrons. The van der Waals surface area contributed by atoms with Crippen LogP contribution in [0.5, 0.6) is 0 Å². The van der Waals surface area contributed by atoms with Crippen molar-refractivity contribution in [3.63, 3.8) is 0 Å². The average Bonchev–Trinajstić information content (AvgIpc) is 2.87. The molecule has 2 aromatic heterocycles. The molecule has 0 saturated carbocycles. The van der Waals surface area contributed by atoms with E-state index in [1.54, 1.807) is 0 Å². The SMILES string of the molecule is Cc1nnc2sc(C(=O)NCc3ccccc3)c(N)c2c1C. The number of carbonyl (C=O) groups excluding carboxylic acids is 1. The molecule has 0 fully saturated rings. The molecule has 1 amide bonds. The van der Waals surface area contributed by atoms with Gasteiger partial charge >= 0.3 is 0 Å². The van der Waals surface area contributed by atoms with Crippen molar-refractivity contribution in [1.82, 2.24) is 15.5 Å². The number of carbonyl (C=O) groups is 1. The predicted octanol–water partition coefficient (Wildman–Crippen LogP) is 2.82. The molecule has 0 unspecified atom stereocenters. The van der Waals surface area contributed by atoms with Gasteiger partial charge in [0.05, 0.1) is 11.4 Å². The minimum Gasteiger partial charge on any atom is -0.397 e. The molecule has 5 nitrogen and oxygen atoms in total. The van der Waals surface area contributed by atoms with Crippen molar-refractivity contribution in [3.05, 3.63) is 52.0 Å². The molecule has 1 aromatic carbocycles. The van der Waals surface area contributed by atoms with Crippen LogP contribution >= 0.6 is 11.3 Å². The Morgan fingerprint density at radius 2 is 1.95 bits per heavy atom. The number of hydrogen-bond donors (Lipinski definition) is 2. The molecule has 6 heteroatoms. The number of aromatic nitrogens is 2. The maximum atomic E-state index is 12.4. The lowest BCUT2D eigenvalue weighted by Gasteiger charge is -2.04. The minimum absolute atomic E-state index is 0.179. The van der Waals surface area contributed by atoms with Crippen LogP contribution < -0.4 is 11.1 Å². The number of fused-ring (bicyclic) bond motifs is 1. The number of nitrogens with one attached hydrogen (secondary N) is 1. The fourth-order valence-electron chi connectivity index (χ4n) is 2.27. The molecule has 0 saturated heterocycles. The Hall–Kier alpha value is -2.47. The van der Waals surface area contributed by atoms with Gasteiger partial charge in [-0.25, -0.2) is 0 Å². The van der Waals surface area contributed by atoms with Gasteiger partial charge in [-0.3, -0.25) is 4.79 Å². The number of rotatable bonds is 3. The molecule has 0 aliphatic carbocycles. The van der Waals surface area contributed by atoms with Gasteiger partial charge in [0.15, 0.2) is 0 Å². The number of benzene rings is 1. The fourth-order valence-corrected chi connectivity index (χ4v) is 3.28. The highest BCUT2D eigenvalue weighted by Gasteiger charge is 2.19. The van der Waals surface area contributed by atoms with E-state index >= 15 is 0 Å². The van der Waals surface area contributed by atoms with Crippen LogP contribution in [0.15, 0.2) is 30.3 Å². The maximum Gasteiger partial charge on any atom is 0.263 e. The van der Waals surface area contributed by atoms with E-state index in [1.165, 1.54) is 11.3 Å². The van der Waals surface area contributed by atoms with Gasteiger partial charge in [0, 0.05) is 11.9 Å². The second-order valence-electron chi connectivity index (χ2n) is 5.10. The quantitative estimate of drug-likeness (QED) is 0.779. The second kappa shape index (κ2) is 5.73. The van der Waals surface area contributed by atoms with Crippen molar-refractivity contribution >= 4 is 33.1 Å². The highest BCUT2D eigenvalue weighted by atomic mass is 32.1. The molecule has 0 radical (unpaired) electrons. The Balaban J connectivity index is 1.88. The number of anilines is 1. The van der Waals surface area contributed by atoms with E-state index in [1.807, 2.05) is 44.2 Å². The van der Waals surface area contributed by atoms with Gasteiger partial charge in [0.1, 0.15) is 9.71 Å². The van der Waals surface area contributed by atoms with Crippen molar-refractivity contribution in [3.8, 4) is 0 Å². The number of nitrogens with zero attached hydrogens (tertiary/aromatic N) is 2.